The molecular formula is C21H18F3N3O6S. The van der Waals surface area contributed by atoms with Gasteiger partial charge in [-0.15, -0.1) is 5.10 Å². The number of aliphatic hydroxyl groups is 3. The van der Waals surface area contributed by atoms with Gasteiger partial charge < -0.3 is 25.2 Å². The minimum Gasteiger partial charge on any atom is -0.478 e. The molecule has 180 valence electrons. The molecule has 2 heterocycles. The zero-order valence-corrected chi connectivity index (χ0v) is 17.9. The van der Waals surface area contributed by atoms with Crippen molar-refractivity contribution in [2.24, 2.45) is 0 Å². The highest BCUT2D eigenvalue weighted by Gasteiger charge is 2.46. The molecule has 1 aromatic heterocycles. The lowest BCUT2D eigenvalue weighted by Crippen LogP contribution is -2.55. The predicted molar refractivity (Wildman–Crippen MR) is 111 cm³/mol. The van der Waals surface area contributed by atoms with Crippen LogP contribution in [0.2, 0.25) is 0 Å². The van der Waals surface area contributed by atoms with Crippen LogP contribution >= 0.6 is 11.8 Å². The van der Waals surface area contributed by atoms with Crippen LogP contribution in [-0.4, -0.2) is 71.7 Å². The number of hydrogen-bond donors (Lipinski definition) is 4. The largest absolute Gasteiger partial charge is 0.478 e. The number of carboxylic acid groups (broad SMARTS) is 1. The molecule has 0 aliphatic carbocycles. The molecule has 13 heteroatoms. The molecule has 0 bridgehead atoms. The maximum absolute atomic E-state index is 13.6. The van der Waals surface area contributed by atoms with Gasteiger partial charge in [0.2, 0.25) is 0 Å². The standard InChI is InChI=1S/C21H18F3N3O6S/c22-12-5-10(6-13(23)16(12)24)14-7-27(26-25-14)17-18(29)15(8-28)33-21(19(17)30)34-11-3-1-2-9(4-11)20(31)32/h1-7,15,17-19,21,28-30H,8H2,(H,31,32). The summed E-state index contributed by atoms with van der Waals surface area (Å²) in [5, 5.41) is 48.1. The van der Waals surface area contributed by atoms with Crippen molar-refractivity contribution in [2.45, 2.75) is 34.7 Å². The van der Waals surface area contributed by atoms with Gasteiger partial charge in [-0.1, -0.05) is 23.0 Å². The van der Waals surface area contributed by atoms with Gasteiger partial charge in [0.15, 0.2) is 17.5 Å². The molecule has 1 saturated heterocycles. The third-order valence-electron chi connectivity index (χ3n) is 5.28. The average Bonchev–Trinajstić information content (AvgIpc) is 3.29. The maximum atomic E-state index is 13.6. The van der Waals surface area contributed by atoms with Crippen LogP contribution in [0.25, 0.3) is 11.3 Å². The number of rotatable bonds is 6. The SMILES string of the molecule is O=C(O)c1cccc(SC2OC(CO)C(O)C(n3cc(-c4cc(F)c(F)c(F)c4)nn3)C2O)c1. The van der Waals surface area contributed by atoms with Crippen LogP contribution in [-0.2, 0) is 4.74 Å². The van der Waals surface area contributed by atoms with E-state index in [1.54, 1.807) is 6.07 Å². The van der Waals surface area contributed by atoms with Gasteiger partial charge >= 0.3 is 5.97 Å². The molecule has 34 heavy (non-hydrogen) atoms. The number of aromatic nitrogens is 3. The Morgan fingerprint density at radius 3 is 2.47 bits per heavy atom. The van der Waals surface area contributed by atoms with Crippen molar-refractivity contribution < 1.29 is 43.1 Å². The molecule has 5 unspecified atom stereocenters. The number of aliphatic hydroxyl groups excluding tert-OH is 3. The van der Waals surface area contributed by atoms with Crippen LogP contribution in [0.3, 0.4) is 0 Å². The van der Waals surface area contributed by atoms with Gasteiger partial charge in [0.1, 0.15) is 35.5 Å². The van der Waals surface area contributed by atoms with Crippen LogP contribution in [0.1, 0.15) is 16.4 Å². The van der Waals surface area contributed by atoms with Crippen molar-refractivity contribution >= 4 is 17.7 Å². The lowest BCUT2D eigenvalue weighted by atomic mass is 9.97. The van der Waals surface area contributed by atoms with Crippen molar-refractivity contribution in [1.82, 2.24) is 15.0 Å². The number of thioether (sulfide) groups is 1. The van der Waals surface area contributed by atoms with E-state index in [1.165, 1.54) is 24.4 Å². The summed E-state index contributed by atoms with van der Waals surface area (Å²) < 4.78 is 47.2. The molecule has 2 aromatic carbocycles. The Morgan fingerprint density at radius 2 is 1.82 bits per heavy atom. The van der Waals surface area contributed by atoms with Gasteiger partial charge in [-0.3, -0.25) is 0 Å². The van der Waals surface area contributed by atoms with Gasteiger partial charge in [0.25, 0.3) is 0 Å². The zero-order chi connectivity index (χ0) is 24.6. The molecule has 1 aliphatic rings. The summed E-state index contributed by atoms with van der Waals surface area (Å²) in [6.45, 7) is -0.605. The van der Waals surface area contributed by atoms with E-state index in [0.717, 1.165) is 28.6 Å². The van der Waals surface area contributed by atoms with Crippen LogP contribution in [0.15, 0.2) is 47.5 Å². The van der Waals surface area contributed by atoms with E-state index in [2.05, 4.69) is 10.3 Å². The Balaban J connectivity index is 1.63. The number of hydrogen-bond acceptors (Lipinski definition) is 8. The molecule has 5 atom stereocenters. The highest BCUT2D eigenvalue weighted by molar-refractivity contribution is 7.99. The first kappa shape index (κ1) is 24.2. The van der Waals surface area contributed by atoms with E-state index in [-0.39, 0.29) is 16.8 Å². The second-order valence-corrected chi connectivity index (χ2v) is 8.66. The third kappa shape index (κ3) is 4.65. The van der Waals surface area contributed by atoms with E-state index in [0.29, 0.717) is 4.90 Å². The second kappa shape index (κ2) is 9.72. The highest BCUT2D eigenvalue weighted by Crippen LogP contribution is 2.38. The molecule has 1 fully saturated rings. The van der Waals surface area contributed by atoms with Gasteiger partial charge in [0, 0.05) is 10.5 Å². The second-order valence-electron chi connectivity index (χ2n) is 7.49. The number of aromatic carboxylic acids is 1. The molecule has 4 rings (SSSR count). The summed E-state index contributed by atoms with van der Waals surface area (Å²) in [6, 6.07) is 6.16. The summed E-state index contributed by atoms with van der Waals surface area (Å²) in [6.07, 6.45) is -2.80. The Kier molecular flexibility index (Phi) is 6.91. The van der Waals surface area contributed by atoms with Gasteiger partial charge in [0.05, 0.1) is 18.4 Å². The number of halogens is 3. The molecule has 0 radical (unpaired) electrons. The van der Waals surface area contributed by atoms with Gasteiger partial charge in [-0.25, -0.2) is 22.6 Å². The fourth-order valence-electron chi connectivity index (χ4n) is 3.57. The van der Waals surface area contributed by atoms with Crippen LogP contribution in [0, 0.1) is 17.5 Å². The smallest absolute Gasteiger partial charge is 0.335 e. The lowest BCUT2D eigenvalue weighted by Gasteiger charge is -2.41. The first-order chi connectivity index (χ1) is 16.2. The van der Waals surface area contributed by atoms with E-state index in [9.17, 15) is 38.4 Å². The fourth-order valence-corrected chi connectivity index (χ4v) is 4.69. The van der Waals surface area contributed by atoms with Crippen molar-refractivity contribution in [2.75, 3.05) is 6.61 Å². The monoisotopic (exact) mass is 497 g/mol. The molecular weight excluding hydrogens is 479 g/mol. The summed E-state index contributed by atoms with van der Waals surface area (Å²) >= 11 is 0.972. The number of nitrogens with zero attached hydrogens (tertiary/aromatic N) is 3. The Bertz CT molecular complexity index is 1190. The first-order valence-electron chi connectivity index (χ1n) is 9.88. The van der Waals surface area contributed by atoms with E-state index in [4.69, 9.17) is 4.74 Å². The van der Waals surface area contributed by atoms with Gasteiger partial charge in [-0.2, -0.15) is 0 Å². The number of carboxylic acids is 1. The van der Waals surface area contributed by atoms with E-state index in [1.807, 2.05) is 0 Å². The Labute approximate surface area is 194 Å². The molecule has 9 nitrogen and oxygen atoms in total. The highest BCUT2D eigenvalue weighted by atomic mass is 32.2. The fraction of sp³-hybridized carbons (Fsp3) is 0.286. The van der Waals surface area contributed by atoms with E-state index >= 15 is 0 Å². The Morgan fingerprint density at radius 1 is 1.12 bits per heavy atom. The summed E-state index contributed by atoms with van der Waals surface area (Å²) in [7, 11) is 0. The van der Waals surface area contributed by atoms with E-state index < -0.39 is 59.8 Å². The third-order valence-corrected chi connectivity index (χ3v) is 6.43. The first-order valence-corrected chi connectivity index (χ1v) is 10.8. The van der Waals surface area contributed by atoms with Crippen LogP contribution in [0.5, 0.6) is 0 Å². The minimum absolute atomic E-state index is 0.0188. The molecule has 4 N–H and O–H groups in total. The molecule has 0 spiro atoms. The van der Waals surface area contributed by atoms with Crippen molar-refractivity contribution in [3.05, 3.63) is 65.6 Å². The predicted octanol–water partition coefficient (Wildman–Crippen LogP) is 1.83. The lowest BCUT2D eigenvalue weighted by molar-refractivity contribution is -0.178. The minimum atomic E-state index is -1.64. The topological polar surface area (TPSA) is 138 Å². The number of ether oxygens (including phenoxy) is 1. The molecule has 1 aliphatic heterocycles. The molecule has 0 amide bonds. The zero-order valence-electron chi connectivity index (χ0n) is 17.1. The summed E-state index contributed by atoms with van der Waals surface area (Å²) in [4.78, 5) is 11.7. The quantitative estimate of drug-likeness (QED) is 0.376. The average molecular weight is 497 g/mol. The Hall–Kier alpha value is -2.97. The normalized spacial score (nSPS) is 24.8. The van der Waals surface area contributed by atoms with Gasteiger partial charge in [-0.05, 0) is 30.3 Å². The van der Waals surface area contributed by atoms with Crippen LogP contribution in [0.4, 0.5) is 13.2 Å². The molecule has 3 aromatic rings. The molecule has 0 saturated carbocycles. The van der Waals surface area contributed by atoms with Crippen molar-refractivity contribution in [3.63, 3.8) is 0 Å². The van der Waals surface area contributed by atoms with Crippen molar-refractivity contribution in [3.8, 4) is 11.3 Å². The summed E-state index contributed by atoms with van der Waals surface area (Å²) in [5.41, 5.74) is -1.20. The summed E-state index contributed by atoms with van der Waals surface area (Å²) in [5.74, 6) is -5.62. The van der Waals surface area contributed by atoms with Crippen molar-refractivity contribution in [1.29, 1.82) is 0 Å². The number of benzene rings is 2. The number of carbonyl (C=O) groups is 1. The maximum Gasteiger partial charge on any atom is 0.335 e. The van der Waals surface area contributed by atoms with Crippen LogP contribution < -0.4 is 0 Å².